The van der Waals surface area contributed by atoms with Crippen molar-refractivity contribution in [3.63, 3.8) is 0 Å². The van der Waals surface area contributed by atoms with Crippen LogP contribution in [0.2, 0.25) is 0 Å². The Bertz CT molecular complexity index is 3070. The third kappa shape index (κ3) is 5.34. The Morgan fingerprint density at radius 2 is 0.764 bits per heavy atom. The minimum atomic E-state index is 0.635. The fourth-order valence-electron chi connectivity index (χ4n) is 8.09. The lowest BCUT2D eigenvalue weighted by Crippen LogP contribution is -2.00. The fraction of sp³-hybridized carbons (Fsp3) is 0. The topological polar surface area (TPSA) is 43.6 Å². The maximum Gasteiger partial charge on any atom is 0.164 e. The van der Waals surface area contributed by atoms with Crippen LogP contribution in [-0.4, -0.2) is 19.5 Å². The van der Waals surface area contributed by atoms with Gasteiger partial charge in [0.2, 0.25) is 0 Å². The third-order valence-corrected chi connectivity index (χ3v) is 10.8. The minimum absolute atomic E-state index is 0.635. The SMILES string of the molecule is c1ccc(-c2ccc(-c3nc4nc(n3)-c3cccc(c3)-c3ccc5c6c(-c7ccccc7)cccc6n(c5c3)-c3cccc(c3)-c3cccc-4c3)cc2)cc1. The van der Waals surface area contributed by atoms with Crippen LogP contribution in [0, 0.1) is 0 Å². The summed E-state index contributed by atoms with van der Waals surface area (Å²) in [6.07, 6.45) is 0. The lowest BCUT2D eigenvalue weighted by molar-refractivity contribution is 1.07. The van der Waals surface area contributed by atoms with Gasteiger partial charge in [0, 0.05) is 33.2 Å². The molecule has 55 heavy (non-hydrogen) atoms. The van der Waals surface area contributed by atoms with E-state index in [1.807, 2.05) is 6.07 Å². The normalized spacial score (nSPS) is 11.6. The van der Waals surface area contributed by atoms with E-state index in [0.717, 1.165) is 55.7 Å². The first-order valence-electron chi connectivity index (χ1n) is 18.6. The first-order chi connectivity index (χ1) is 27.2. The molecule has 0 saturated carbocycles. The van der Waals surface area contributed by atoms with Gasteiger partial charge in [0.1, 0.15) is 0 Å². The van der Waals surface area contributed by atoms with E-state index in [0.29, 0.717) is 17.5 Å². The zero-order valence-corrected chi connectivity index (χ0v) is 29.8. The lowest BCUT2D eigenvalue weighted by atomic mass is 9.97. The van der Waals surface area contributed by atoms with E-state index in [4.69, 9.17) is 15.0 Å². The molecular weight excluding hydrogens is 669 g/mol. The van der Waals surface area contributed by atoms with Crippen molar-refractivity contribution < 1.29 is 0 Å². The molecule has 0 unspecified atom stereocenters. The number of benzene rings is 8. The molecule has 0 radical (unpaired) electrons. The molecule has 0 amide bonds. The van der Waals surface area contributed by atoms with Crippen molar-refractivity contribution in [2.24, 2.45) is 0 Å². The number of fused-ring (bicyclic) bond motifs is 17. The van der Waals surface area contributed by atoms with Crippen LogP contribution in [0.5, 0.6) is 0 Å². The van der Waals surface area contributed by atoms with E-state index >= 15 is 0 Å². The Kier molecular flexibility index (Phi) is 7.14. The molecule has 0 N–H and O–H groups in total. The molecule has 1 aliphatic heterocycles. The summed E-state index contributed by atoms with van der Waals surface area (Å²) in [5.41, 5.74) is 15.4. The zero-order valence-electron chi connectivity index (χ0n) is 29.8. The van der Waals surface area contributed by atoms with Crippen LogP contribution in [0.1, 0.15) is 0 Å². The van der Waals surface area contributed by atoms with Crippen LogP contribution >= 0.6 is 0 Å². The zero-order chi connectivity index (χ0) is 36.3. The number of aromatic nitrogens is 4. The number of hydrogen-bond donors (Lipinski definition) is 0. The van der Waals surface area contributed by atoms with Crippen LogP contribution in [-0.2, 0) is 0 Å². The highest BCUT2D eigenvalue weighted by atomic mass is 15.0. The maximum atomic E-state index is 5.13. The van der Waals surface area contributed by atoms with Gasteiger partial charge in [-0.1, -0.05) is 158 Å². The van der Waals surface area contributed by atoms with E-state index in [1.54, 1.807) is 0 Å². The molecule has 0 spiro atoms. The summed E-state index contributed by atoms with van der Waals surface area (Å²) in [5, 5.41) is 2.46. The molecule has 0 saturated heterocycles. The standard InChI is InChI=1S/C51H32N4/c1-3-11-33(12-4-1)34-23-25-36(26-24-34)49-52-50-41-18-7-15-37(29-41)39-17-9-20-43(31-39)55-46-22-10-21-44(35-13-5-2-6-14-35)48(46)45-28-27-40(32-47(45)55)38-16-8-19-42(30-38)51(53-49)54-50/h1-32H. The highest BCUT2D eigenvalue weighted by molar-refractivity contribution is 6.16. The molecule has 8 aromatic carbocycles. The fourth-order valence-corrected chi connectivity index (χ4v) is 8.09. The van der Waals surface area contributed by atoms with Crippen LogP contribution in [0.15, 0.2) is 194 Å². The van der Waals surface area contributed by atoms with Gasteiger partial charge < -0.3 is 4.57 Å². The van der Waals surface area contributed by atoms with E-state index in [-0.39, 0.29) is 0 Å². The predicted octanol–water partition coefficient (Wildman–Crippen LogP) is 13.0. The highest BCUT2D eigenvalue weighted by Gasteiger charge is 2.19. The van der Waals surface area contributed by atoms with Gasteiger partial charge in [-0.15, -0.1) is 0 Å². The summed E-state index contributed by atoms with van der Waals surface area (Å²) in [6.45, 7) is 0. The lowest BCUT2D eigenvalue weighted by Gasteiger charge is -2.13. The summed E-state index contributed by atoms with van der Waals surface area (Å²) in [7, 11) is 0. The summed E-state index contributed by atoms with van der Waals surface area (Å²) in [6, 6.07) is 69.1. The van der Waals surface area contributed by atoms with Crippen molar-refractivity contribution in [3.05, 3.63) is 194 Å². The van der Waals surface area contributed by atoms with Crippen LogP contribution in [0.3, 0.4) is 0 Å². The van der Waals surface area contributed by atoms with E-state index in [1.165, 1.54) is 33.0 Å². The Hall–Kier alpha value is -7.43. The molecule has 0 aliphatic carbocycles. The molecule has 0 fully saturated rings. The van der Waals surface area contributed by atoms with Gasteiger partial charge in [0.25, 0.3) is 0 Å². The Labute approximate surface area is 318 Å². The summed E-state index contributed by atoms with van der Waals surface area (Å²) in [4.78, 5) is 15.4. The number of rotatable bonds is 3. The van der Waals surface area contributed by atoms with Crippen molar-refractivity contribution in [3.8, 4) is 84.4 Å². The quantitative estimate of drug-likeness (QED) is 0.184. The molecular formula is C51H32N4. The largest absolute Gasteiger partial charge is 0.309 e. The molecule has 4 nitrogen and oxygen atoms in total. The predicted molar refractivity (Wildman–Crippen MR) is 226 cm³/mol. The Morgan fingerprint density at radius 3 is 1.44 bits per heavy atom. The summed E-state index contributed by atoms with van der Waals surface area (Å²) < 4.78 is 2.42. The second-order valence-corrected chi connectivity index (χ2v) is 14.1. The molecule has 10 aromatic rings. The number of nitrogens with zero attached hydrogens (tertiary/aromatic N) is 4. The number of hydrogen-bond acceptors (Lipinski definition) is 3. The van der Waals surface area contributed by atoms with Gasteiger partial charge in [0.15, 0.2) is 17.5 Å². The van der Waals surface area contributed by atoms with Crippen molar-refractivity contribution in [2.75, 3.05) is 0 Å². The van der Waals surface area contributed by atoms with Gasteiger partial charge in [-0.25, -0.2) is 15.0 Å². The van der Waals surface area contributed by atoms with Gasteiger partial charge in [0.05, 0.1) is 11.0 Å². The second-order valence-electron chi connectivity index (χ2n) is 14.1. The van der Waals surface area contributed by atoms with E-state index < -0.39 is 0 Å². The smallest absolute Gasteiger partial charge is 0.164 e. The molecule has 0 atom stereocenters. The minimum Gasteiger partial charge on any atom is -0.309 e. The summed E-state index contributed by atoms with van der Waals surface area (Å²) in [5.74, 6) is 1.91. The van der Waals surface area contributed by atoms with Crippen LogP contribution < -0.4 is 0 Å². The van der Waals surface area contributed by atoms with Crippen molar-refractivity contribution >= 4 is 21.8 Å². The second kappa shape index (κ2) is 12.6. The van der Waals surface area contributed by atoms with E-state index in [2.05, 4.69) is 193 Å². The molecule has 11 rings (SSSR count). The monoisotopic (exact) mass is 700 g/mol. The van der Waals surface area contributed by atoms with Crippen molar-refractivity contribution in [1.29, 1.82) is 0 Å². The molecule has 256 valence electrons. The first-order valence-corrected chi connectivity index (χ1v) is 18.6. The van der Waals surface area contributed by atoms with E-state index in [9.17, 15) is 0 Å². The van der Waals surface area contributed by atoms with Crippen LogP contribution in [0.25, 0.3) is 106 Å². The van der Waals surface area contributed by atoms with Crippen LogP contribution in [0.4, 0.5) is 0 Å². The van der Waals surface area contributed by atoms with Gasteiger partial charge in [-0.3, -0.25) is 0 Å². The van der Waals surface area contributed by atoms with Gasteiger partial charge in [-0.05, 0) is 80.9 Å². The third-order valence-electron chi connectivity index (χ3n) is 10.8. The maximum absolute atomic E-state index is 5.13. The average Bonchev–Trinajstić information content (AvgIpc) is 3.61. The molecule has 3 heterocycles. The molecule has 2 aromatic heterocycles. The highest BCUT2D eigenvalue weighted by Crippen LogP contribution is 2.41. The molecule has 10 bridgehead atoms. The Balaban J connectivity index is 1.16. The summed E-state index contributed by atoms with van der Waals surface area (Å²) >= 11 is 0. The van der Waals surface area contributed by atoms with Crippen molar-refractivity contribution in [1.82, 2.24) is 19.5 Å². The molecule has 1 aliphatic rings. The van der Waals surface area contributed by atoms with Gasteiger partial charge >= 0.3 is 0 Å². The van der Waals surface area contributed by atoms with Gasteiger partial charge in [-0.2, -0.15) is 0 Å². The molecule has 4 heteroatoms. The first kappa shape index (κ1) is 31.1. The average molecular weight is 701 g/mol. The Morgan fingerprint density at radius 1 is 0.291 bits per heavy atom. The van der Waals surface area contributed by atoms with Crippen molar-refractivity contribution in [2.45, 2.75) is 0 Å².